The number of pyridine rings is 1. The molecule has 1 saturated heterocycles. The average Bonchev–Trinajstić information content (AvgIpc) is 2.85. The lowest BCUT2D eigenvalue weighted by molar-refractivity contribution is -0.137. The van der Waals surface area contributed by atoms with E-state index in [-0.39, 0.29) is 34.9 Å². The lowest BCUT2D eigenvalue weighted by atomic mass is 9.68. The van der Waals surface area contributed by atoms with E-state index in [1.807, 2.05) is 0 Å². The molecule has 2 N–H and O–H groups in total. The molecule has 6 rings (SSSR count). The topological polar surface area (TPSA) is 95.4 Å². The highest BCUT2D eigenvalue weighted by Crippen LogP contribution is 2.44. The Morgan fingerprint density at radius 1 is 1.29 bits per heavy atom. The van der Waals surface area contributed by atoms with Crippen LogP contribution in [0.3, 0.4) is 0 Å². The number of benzene rings is 1. The number of alkyl halides is 3. The Bertz CT molecular complexity index is 1520. The summed E-state index contributed by atoms with van der Waals surface area (Å²) in [5.41, 5.74) is -0.245. The molecule has 0 spiro atoms. The number of halogens is 4. The van der Waals surface area contributed by atoms with E-state index in [0.717, 1.165) is 19.0 Å². The Kier molecular flexibility index (Phi) is 5.60. The first-order chi connectivity index (χ1) is 18.0. The molecule has 1 aromatic carbocycles. The number of aromatic nitrogens is 3. The maximum atomic E-state index is 14.4. The van der Waals surface area contributed by atoms with Crippen molar-refractivity contribution in [3.63, 3.8) is 0 Å². The molecule has 2 fully saturated rings. The third-order valence-electron chi connectivity index (χ3n) is 7.67. The highest BCUT2D eigenvalue weighted by atomic mass is 19.4. The lowest BCUT2D eigenvalue weighted by Gasteiger charge is -2.58. The van der Waals surface area contributed by atoms with Gasteiger partial charge in [-0.2, -0.15) is 13.2 Å². The number of carbonyl (C=O) groups excluding carboxylic acids is 1. The van der Waals surface area contributed by atoms with Crippen LogP contribution in [0.2, 0.25) is 0 Å². The maximum absolute atomic E-state index is 14.4. The molecule has 9 nitrogen and oxygen atoms in total. The highest BCUT2D eigenvalue weighted by molar-refractivity contribution is 5.92. The van der Waals surface area contributed by atoms with Crippen molar-refractivity contribution >= 4 is 34.3 Å². The number of nitrogens with one attached hydrogen (secondary N) is 2. The number of fused-ring (bicyclic) bond motifs is 3. The summed E-state index contributed by atoms with van der Waals surface area (Å²) < 4.78 is 54.8. The smallest absolute Gasteiger partial charge is 0.361 e. The molecule has 13 heteroatoms. The molecule has 1 aliphatic carbocycles. The Morgan fingerprint density at radius 3 is 2.79 bits per heavy atom. The lowest BCUT2D eigenvalue weighted by Crippen LogP contribution is -2.71. The molecule has 4 heterocycles. The standard InChI is InChI=1S/C25H25F4N7O2/c1-34(2)18-10-31-24-20(33-18)23(38)22-17(8-12-7-16-21(12)35(22)6-5-30-16)36(24)11-19(37)32-15-4-3-13(9-14(15)26)25(27,28)29/h3-4,9-10,12,16,21,30H,5-8,11H2,1-2H3,(H,32,37)/t12?,16-,21-/m0/s1. The van der Waals surface area contributed by atoms with Gasteiger partial charge in [0.05, 0.1) is 17.4 Å². The predicted octanol–water partition coefficient (Wildman–Crippen LogP) is 2.38. The molecule has 38 heavy (non-hydrogen) atoms. The van der Waals surface area contributed by atoms with Crippen LogP contribution in [0.15, 0.2) is 29.2 Å². The molecule has 3 aromatic rings. The summed E-state index contributed by atoms with van der Waals surface area (Å²) >= 11 is 0. The van der Waals surface area contributed by atoms with Crippen molar-refractivity contribution in [1.82, 2.24) is 19.9 Å². The van der Waals surface area contributed by atoms with E-state index >= 15 is 0 Å². The first-order valence-corrected chi connectivity index (χ1v) is 12.3. The normalized spacial score (nSPS) is 21.9. The van der Waals surface area contributed by atoms with E-state index in [9.17, 15) is 27.2 Å². The van der Waals surface area contributed by atoms with Gasteiger partial charge in [0.15, 0.2) is 11.2 Å². The second-order valence-electron chi connectivity index (χ2n) is 10.2. The van der Waals surface area contributed by atoms with Gasteiger partial charge in [0.1, 0.15) is 23.9 Å². The Labute approximate surface area is 214 Å². The van der Waals surface area contributed by atoms with Gasteiger partial charge in [-0.25, -0.2) is 14.4 Å². The average molecular weight is 532 g/mol. The van der Waals surface area contributed by atoms with E-state index in [2.05, 4.69) is 25.5 Å². The van der Waals surface area contributed by atoms with Crippen LogP contribution in [0.4, 0.5) is 34.8 Å². The number of amides is 1. The minimum atomic E-state index is -4.70. The van der Waals surface area contributed by atoms with Crippen molar-refractivity contribution in [1.29, 1.82) is 0 Å². The molecular formula is C25H25F4N7O2. The molecule has 200 valence electrons. The molecule has 2 aliphatic heterocycles. The molecule has 3 atom stereocenters. The predicted molar refractivity (Wildman–Crippen MR) is 133 cm³/mol. The van der Waals surface area contributed by atoms with Crippen LogP contribution in [0, 0.1) is 11.7 Å². The molecule has 0 radical (unpaired) electrons. The van der Waals surface area contributed by atoms with Crippen molar-refractivity contribution in [2.24, 2.45) is 5.92 Å². The Hall–Kier alpha value is -3.74. The van der Waals surface area contributed by atoms with Crippen LogP contribution < -0.4 is 25.9 Å². The van der Waals surface area contributed by atoms with Gasteiger partial charge >= 0.3 is 6.18 Å². The first kappa shape index (κ1) is 24.6. The largest absolute Gasteiger partial charge is 0.416 e. The second-order valence-corrected chi connectivity index (χ2v) is 10.2. The SMILES string of the molecule is CN(C)c1cnc2c(n1)c(=O)c1c(n2CC(=O)Nc2ccc(C(F)(F)F)cc2F)CC2C[C@@H]3NCCN1[C@@H]23. The summed E-state index contributed by atoms with van der Waals surface area (Å²) in [6.45, 7) is 1.04. The van der Waals surface area contributed by atoms with E-state index in [1.165, 1.54) is 6.20 Å². The van der Waals surface area contributed by atoms with Crippen LogP contribution in [0.5, 0.6) is 0 Å². The number of rotatable bonds is 4. The molecule has 0 bridgehead atoms. The number of carbonyl (C=O) groups is 1. The quantitative estimate of drug-likeness (QED) is 0.500. The first-order valence-electron chi connectivity index (χ1n) is 12.3. The summed E-state index contributed by atoms with van der Waals surface area (Å²) in [5, 5.41) is 5.87. The van der Waals surface area contributed by atoms with Crippen molar-refractivity contribution < 1.29 is 22.4 Å². The number of hydrogen-bond donors (Lipinski definition) is 2. The van der Waals surface area contributed by atoms with Crippen molar-refractivity contribution in [2.45, 2.75) is 37.6 Å². The van der Waals surface area contributed by atoms with Gasteiger partial charge in [-0.05, 0) is 37.0 Å². The Morgan fingerprint density at radius 2 is 2.08 bits per heavy atom. The van der Waals surface area contributed by atoms with Gasteiger partial charge < -0.3 is 25.0 Å². The van der Waals surface area contributed by atoms with Gasteiger partial charge in [-0.1, -0.05) is 0 Å². The maximum Gasteiger partial charge on any atom is 0.416 e. The van der Waals surface area contributed by atoms with Gasteiger partial charge in [0, 0.05) is 45.0 Å². The fourth-order valence-corrected chi connectivity index (χ4v) is 5.88. The minimum absolute atomic E-state index is 0.122. The number of hydrogen-bond acceptors (Lipinski definition) is 7. The number of anilines is 3. The van der Waals surface area contributed by atoms with Crippen LogP contribution >= 0.6 is 0 Å². The summed E-state index contributed by atoms with van der Waals surface area (Å²) in [6.07, 6.45) is -1.68. The molecule has 2 aromatic heterocycles. The second kappa shape index (κ2) is 8.65. The molecule has 1 unspecified atom stereocenters. The van der Waals surface area contributed by atoms with Crippen molar-refractivity contribution in [2.75, 3.05) is 42.3 Å². The van der Waals surface area contributed by atoms with Gasteiger partial charge in [0.25, 0.3) is 0 Å². The monoisotopic (exact) mass is 531 g/mol. The van der Waals surface area contributed by atoms with E-state index in [4.69, 9.17) is 0 Å². The third kappa shape index (κ3) is 3.87. The zero-order chi connectivity index (χ0) is 26.9. The molecular weight excluding hydrogens is 506 g/mol. The van der Waals surface area contributed by atoms with Crippen LogP contribution in [0.25, 0.3) is 11.2 Å². The van der Waals surface area contributed by atoms with E-state index < -0.39 is 23.5 Å². The molecule has 1 saturated carbocycles. The van der Waals surface area contributed by atoms with Gasteiger partial charge in [-0.15, -0.1) is 0 Å². The summed E-state index contributed by atoms with van der Waals surface area (Å²) in [7, 11) is 3.55. The minimum Gasteiger partial charge on any atom is -0.361 e. The zero-order valence-corrected chi connectivity index (χ0v) is 20.6. The van der Waals surface area contributed by atoms with Crippen LogP contribution in [-0.2, 0) is 23.9 Å². The highest BCUT2D eigenvalue weighted by Gasteiger charge is 2.51. The molecule has 1 amide bonds. The van der Waals surface area contributed by atoms with Crippen LogP contribution in [0.1, 0.15) is 17.7 Å². The van der Waals surface area contributed by atoms with Gasteiger partial charge in [-0.3, -0.25) is 9.59 Å². The van der Waals surface area contributed by atoms with E-state index in [1.54, 1.807) is 23.6 Å². The zero-order valence-electron chi connectivity index (χ0n) is 20.6. The summed E-state index contributed by atoms with van der Waals surface area (Å²) in [6, 6.07) is 2.43. The van der Waals surface area contributed by atoms with Gasteiger partial charge in [0.2, 0.25) is 11.3 Å². The Balaban J connectivity index is 1.42. The fourth-order valence-electron chi connectivity index (χ4n) is 5.88. The number of nitrogens with zero attached hydrogens (tertiary/aromatic N) is 5. The molecule has 3 aliphatic rings. The summed E-state index contributed by atoms with van der Waals surface area (Å²) in [4.78, 5) is 39.7. The summed E-state index contributed by atoms with van der Waals surface area (Å²) in [5.74, 6) is -1.08. The third-order valence-corrected chi connectivity index (χ3v) is 7.67. The van der Waals surface area contributed by atoms with Crippen molar-refractivity contribution in [3.8, 4) is 0 Å². The fraction of sp³-hybridized carbons (Fsp3) is 0.440. The van der Waals surface area contributed by atoms with Crippen molar-refractivity contribution in [3.05, 3.63) is 51.7 Å². The number of piperazine rings is 1. The van der Waals surface area contributed by atoms with E-state index in [0.29, 0.717) is 54.3 Å². The van der Waals surface area contributed by atoms with Crippen LogP contribution in [-0.4, -0.2) is 59.7 Å².